The van der Waals surface area contributed by atoms with Crippen LogP contribution in [0, 0.1) is 0 Å². The molecule has 1 fully saturated rings. The molecule has 0 unspecified atom stereocenters. The monoisotopic (exact) mass is 397 g/mol. The van der Waals surface area contributed by atoms with E-state index in [9.17, 15) is 13.2 Å². The lowest BCUT2D eigenvalue weighted by Crippen LogP contribution is -2.52. The average molecular weight is 398 g/mol. The van der Waals surface area contributed by atoms with Crippen LogP contribution in [0.1, 0.15) is 12.0 Å². The number of rotatable bonds is 8. The van der Waals surface area contributed by atoms with Gasteiger partial charge < -0.3 is 15.1 Å². The summed E-state index contributed by atoms with van der Waals surface area (Å²) in [6.07, 6.45) is 1.78. The second kappa shape index (κ2) is 10.0. The molecule has 1 aliphatic heterocycles. The number of nitrogens with one attached hydrogen (secondary N) is 1. The quantitative estimate of drug-likeness (QED) is 0.651. The number of carbonyl (C=O) groups is 1. The summed E-state index contributed by atoms with van der Waals surface area (Å²) < 4.78 is 22.5. The van der Waals surface area contributed by atoms with Crippen LogP contribution in [0.4, 0.5) is 4.79 Å². The molecular weight excluding hydrogens is 366 g/mol. The fourth-order valence-corrected chi connectivity index (χ4v) is 3.57. The van der Waals surface area contributed by atoms with Gasteiger partial charge in [0.1, 0.15) is 0 Å². The number of hydrogen-bond acceptors (Lipinski definition) is 5. The molecule has 3 N–H and O–H groups in total. The minimum atomic E-state index is -3.67. The third-order valence-electron chi connectivity index (χ3n) is 4.68. The maximum Gasteiger partial charge on any atom is 0.317 e. The van der Waals surface area contributed by atoms with Crippen molar-refractivity contribution < 1.29 is 13.2 Å². The summed E-state index contributed by atoms with van der Waals surface area (Å²) in [4.78, 5) is 18.8. The Balaban J connectivity index is 1.66. The van der Waals surface area contributed by atoms with Crippen molar-refractivity contribution in [1.82, 2.24) is 20.0 Å². The lowest BCUT2D eigenvalue weighted by Gasteiger charge is -2.34. The van der Waals surface area contributed by atoms with Gasteiger partial charge in [0.15, 0.2) is 0 Å². The summed E-state index contributed by atoms with van der Waals surface area (Å²) in [6.45, 7) is 5.98. The standard InChI is InChI=1S/C18H31N5O3S/c1-21(2)10-3-11-22-12-14-23(15-13-22)18(24)20-9-8-16-4-6-17(7-5-16)27(19,25)26/h4-7H,3,8-15H2,1-2H3,(H,20,24)(H2,19,25,26). The van der Waals surface area contributed by atoms with E-state index >= 15 is 0 Å². The highest BCUT2D eigenvalue weighted by atomic mass is 32.2. The number of amides is 2. The molecule has 1 heterocycles. The fourth-order valence-electron chi connectivity index (χ4n) is 3.06. The lowest BCUT2D eigenvalue weighted by atomic mass is 10.1. The van der Waals surface area contributed by atoms with E-state index in [2.05, 4.69) is 29.2 Å². The number of sulfonamides is 1. The van der Waals surface area contributed by atoms with Gasteiger partial charge in [0.25, 0.3) is 0 Å². The van der Waals surface area contributed by atoms with Crippen molar-refractivity contribution in [3.8, 4) is 0 Å². The van der Waals surface area contributed by atoms with Crippen LogP contribution in [0.5, 0.6) is 0 Å². The van der Waals surface area contributed by atoms with E-state index in [0.717, 1.165) is 51.3 Å². The summed E-state index contributed by atoms with van der Waals surface area (Å²) in [5, 5.41) is 8.02. The molecule has 1 aromatic rings. The number of piperazine rings is 1. The summed E-state index contributed by atoms with van der Waals surface area (Å²) in [6, 6.07) is 6.38. The summed E-state index contributed by atoms with van der Waals surface area (Å²) in [5.41, 5.74) is 0.952. The highest BCUT2D eigenvalue weighted by Crippen LogP contribution is 2.09. The first-order chi connectivity index (χ1) is 12.8. The van der Waals surface area contributed by atoms with Gasteiger partial charge in [0, 0.05) is 32.7 Å². The molecule has 2 rings (SSSR count). The van der Waals surface area contributed by atoms with Crippen molar-refractivity contribution in [1.29, 1.82) is 0 Å². The van der Waals surface area contributed by atoms with E-state index in [-0.39, 0.29) is 10.9 Å². The molecule has 8 nitrogen and oxygen atoms in total. The van der Waals surface area contributed by atoms with Crippen molar-refractivity contribution in [3.05, 3.63) is 29.8 Å². The van der Waals surface area contributed by atoms with Crippen LogP contribution in [-0.4, -0.2) is 89.1 Å². The zero-order valence-corrected chi connectivity index (χ0v) is 17.0. The van der Waals surface area contributed by atoms with Gasteiger partial charge in [-0.25, -0.2) is 18.4 Å². The van der Waals surface area contributed by atoms with Crippen molar-refractivity contribution in [2.24, 2.45) is 5.14 Å². The molecule has 27 heavy (non-hydrogen) atoms. The van der Waals surface area contributed by atoms with Crippen LogP contribution in [0.15, 0.2) is 29.2 Å². The van der Waals surface area contributed by atoms with Gasteiger partial charge in [0.05, 0.1) is 4.90 Å². The topological polar surface area (TPSA) is 99.0 Å². The van der Waals surface area contributed by atoms with Gasteiger partial charge >= 0.3 is 6.03 Å². The van der Waals surface area contributed by atoms with E-state index in [4.69, 9.17) is 5.14 Å². The van der Waals surface area contributed by atoms with Crippen LogP contribution in [0.25, 0.3) is 0 Å². The number of nitrogens with zero attached hydrogens (tertiary/aromatic N) is 3. The van der Waals surface area contributed by atoms with E-state index in [1.165, 1.54) is 12.1 Å². The predicted octanol–water partition coefficient (Wildman–Crippen LogP) is 0.155. The molecule has 1 aromatic carbocycles. The number of benzene rings is 1. The SMILES string of the molecule is CN(C)CCCN1CCN(C(=O)NCCc2ccc(S(N)(=O)=O)cc2)CC1. The molecule has 0 spiro atoms. The Morgan fingerprint density at radius 3 is 2.33 bits per heavy atom. The molecule has 152 valence electrons. The van der Waals surface area contributed by atoms with E-state index < -0.39 is 10.0 Å². The van der Waals surface area contributed by atoms with Crippen LogP contribution in [0.3, 0.4) is 0 Å². The molecule has 0 aliphatic carbocycles. The second-order valence-corrected chi connectivity index (χ2v) is 8.72. The molecule has 9 heteroatoms. The smallest absolute Gasteiger partial charge is 0.317 e. The van der Waals surface area contributed by atoms with Gasteiger partial charge in [-0.2, -0.15) is 0 Å². The average Bonchev–Trinajstić information content (AvgIpc) is 2.61. The van der Waals surface area contributed by atoms with E-state index in [1.807, 2.05) is 4.90 Å². The number of carbonyl (C=O) groups excluding carboxylic acids is 1. The molecule has 0 radical (unpaired) electrons. The first-order valence-corrected chi connectivity index (χ1v) is 10.8. The first kappa shape index (κ1) is 21.6. The van der Waals surface area contributed by atoms with Gasteiger partial charge in [-0.15, -0.1) is 0 Å². The second-order valence-electron chi connectivity index (χ2n) is 7.16. The van der Waals surface area contributed by atoms with E-state index in [1.54, 1.807) is 12.1 Å². The molecule has 0 saturated carbocycles. The molecule has 2 amide bonds. The Labute approximate surface area is 162 Å². The molecular formula is C18H31N5O3S. The largest absolute Gasteiger partial charge is 0.338 e. The normalized spacial score (nSPS) is 15.9. The predicted molar refractivity (Wildman–Crippen MR) is 106 cm³/mol. The summed E-state index contributed by atoms with van der Waals surface area (Å²) in [5.74, 6) is 0. The first-order valence-electron chi connectivity index (χ1n) is 9.27. The molecule has 0 aromatic heterocycles. The van der Waals surface area contributed by atoms with Crippen LogP contribution in [-0.2, 0) is 16.4 Å². The maximum absolute atomic E-state index is 12.3. The third-order valence-corrected chi connectivity index (χ3v) is 5.61. The highest BCUT2D eigenvalue weighted by Gasteiger charge is 2.20. The summed E-state index contributed by atoms with van der Waals surface area (Å²) in [7, 11) is 0.495. The van der Waals surface area contributed by atoms with Crippen molar-refractivity contribution in [3.63, 3.8) is 0 Å². The number of urea groups is 1. The Bertz CT molecular complexity index is 698. The van der Waals surface area contributed by atoms with Crippen molar-refractivity contribution in [2.45, 2.75) is 17.7 Å². The molecule has 0 atom stereocenters. The van der Waals surface area contributed by atoms with Crippen molar-refractivity contribution in [2.75, 3.05) is 59.9 Å². The third kappa shape index (κ3) is 7.45. The zero-order valence-electron chi connectivity index (χ0n) is 16.2. The van der Waals surface area contributed by atoms with Gasteiger partial charge in [-0.1, -0.05) is 12.1 Å². The summed E-state index contributed by atoms with van der Waals surface area (Å²) >= 11 is 0. The Morgan fingerprint density at radius 1 is 1.15 bits per heavy atom. The fraction of sp³-hybridized carbons (Fsp3) is 0.611. The van der Waals surface area contributed by atoms with Crippen LogP contribution in [0.2, 0.25) is 0 Å². The van der Waals surface area contributed by atoms with Gasteiger partial charge in [0.2, 0.25) is 10.0 Å². The Morgan fingerprint density at radius 2 is 1.78 bits per heavy atom. The van der Waals surface area contributed by atoms with Gasteiger partial charge in [-0.3, -0.25) is 4.90 Å². The maximum atomic E-state index is 12.3. The molecule has 1 saturated heterocycles. The van der Waals surface area contributed by atoms with Crippen LogP contribution < -0.4 is 10.5 Å². The van der Waals surface area contributed by atoms with E-state index in [0.29, 0.717) is 13.0 Å². The molecule has 1 aliphatic rings. The Kier molecular flexibility index (Phi) is 8.03. The highest BCUT2D eigenvalue weighted by molar-refractivity contribution is 7.89. The zero-order chi connectivity index (χ0) is 19.9. The lowest BCUT2D eigenvalue weighted by molar-refractivity contribution is 0.136. The number of primary sulfonamides is 1. The van der Waals surface area contributed by atoms with Crippen molar-refractivity contribution >= 4 is 16.1 Å². The Hall–Kier alpha value is -1.68. The minimum Gasteiger partial charge on any atom is -0.338 e. The molecule has 0 bridgehead atoms. The minimum absolute atomic E-state index is 0.0379. The van der Waals surface area contributed by atoms with Crippen LogP contribution >= 0.6 is 0 Å². The van der Waals surface area contributed by atoms with Gasteiger partial charge in [-0.05, 0) is 57.7 Å². The number of nitrogens with two attached hydrogens (primary N) is 1. The number of hydrogen-bond donors (Lipinski definition) is 2.